The van der Waals surface area contributed by atoms with Crippen LogP contribution in [0.2, 0.25) is 0 Å². The molecule has 0 aliphatic carbocycles. The third-order valence-electron chi connectivity index (χ3n) is 4.05. The normalized spacial score (nSPS) is 20.0. The standard InChI is InChI=1S/C17H13NO3/c19-16-13-6-2-3-7-14(13)17(20)18(16)12-9-11-5-1-4-8-15(11)21-10-12/h1-8,12H,9-10H2. The first-order valence-electron chi connectivity index (χ1n) is 6.93. The zero-order chi connectivity index (χ0) is 14.4. The van der Waals surface area contributed by atoms with E-state index < -0.39 is 0 Å². The monoisotopic (exact) mass is 279 g/mol. The van der Waals surface area contributed by atoms with Crippen LogP contribution in [0.15, 0.2) is 48.5 Å². The second kappa shape index (κ2) is 4.45. The third kappa shape index (κ3) is 1.76. The summed E-state index contributed by atoms with van der Waals surface area (Å²) < 4.78 is 5.70. The maximum Gasteiger partial charge on any atom is 0.261 e. The summed E-state index contributed by atoms with van der Waals surface area (Å²) >= 11 is 0. The molecule has 0 fully saturated rings. The van der Waals surface area contributed by atoms with E-state index in [4.69, 9.17) is 4.74 Å². The third-order valence-corrected chi connectivity index (χ3v) is 4.05. The van der Waals surface area contributed by atoms with Gasteiger partial charge in [0, 0.05) is 6.42 Å². The lowest BCUT2D eigenvalue weighted by molar-refractivity contribution is 0.0512. The van der Waals surface area contributed by atoms with Crippen LogP contribution in [0.3, 0.4) is 0 Å². The maximum absolute atomic E-state index is 12.5. The fourth-order valence-corrected chi connectivity index (χ4v) is 3.02. The van der Waals surface area contributed by atoms with Crippen molar-refractivity contribution in [3.05, 3.63) is 65.2 Å². The van der Waals surface area contributed by atoms with Crippen molar-refractivity contribution in [1.29, 1.82) is 0 Å². The SMILES string of the molecule is O=C1c2ccccc2C(=O)N1C1COc2ccccc2C1. The highest BCUT2D eigenvalue weighted by Crippen LogP contribution is 2.30. The number of carbonyl (C=O) groups is 2. The first kappa shape index (κ1) is 12.1. The van der Waals surface area contributed by atoms with E-state index in [1.807, 2.05) is 24.3 Å². The molecule has 2 aromatic rings. The Balaban J connectivity index is 1.68. The highest BCUT2D eigenvalue weighted by molar-refractivity contribution is 6.21. The topological polar surface area (TPSA) is 46.6 Å². The number of amides is 2. The highest BCUT2D eigenvalue weighted by Gasteiger charge is 2.41. The van der Waals surface area contributed by atoms with Crippen molar-refractivity contribution in [3.63, 3.8) is 0 Å². The van der Waals surface area contributed by atoms with Crippen molar-refractivity contribution in [1.82, 2.24) is 4.90 Å². The van der Waals surface area contributed by atoms with Gasteiger partial charge in [0.1, 0.15) is 12.4 Å². The zero-order valence-corrected chi connectivity index (χ0v) is 11.3. The van der Waals surface area contributed by atoms with E-state index >= 15 is 0 Å². The van der Waals surface area contributed by atoms with Gasteiger partial charge in [-0.15, -0.1) is 0 Å². The van der Waals surface area contributed by atoms with Gasteiger partial charge in [0.2, 0.25) is 0 Å². The van der Waals surface area contributed by atoms with Crippen LogP contribution in [0.5, 0.6) is 5.75 Å². The molecule has 2 heterocycles. The van der Waals surface area contributed by atoms with Gasteiger partial charge >= 0.3 is 0 Å². The summed E-state index contributed by atoms with van der Waals surface area (Å²) in [4.78, 5) is 26.3. The van der Waals surface area contributed by atoms with Gasteiger partial charge in [-0.3, -0.25) is 14.5 Å². The number of hydrogen-bond donors (Lipinski definition) is 0. The molecule has 2 aromatic carbocycles. The Kier molecular flexibility index (Phi) is 2.57. The van der Waals surface area contributed by atoms with Gasteiger partial charge in [-0.25, -0.2) is 0 Å². The number of carbonyl (C=O) groups excluding carboxylic acids is 2. The van der Waals surface area contributed by atoms with Crippen molar-refractivity contribution in [2.45, 2.75) is 12.5 Å². The Labute approximate surface area is 121 Å². The van der Waals surface area contributed by atoms with Crippen LogP contribution in [0, 0.1) is 0 Å². The van der Waals surface area contributed by atoms with Crippen LogP contribution < -0.4 is 4.74 Å². The lowest BCUT2D eigenvalue weighted by Crippen LogP contribution is -2.46. The quantitative estimate of drug-likeness (QED) is 0.752. The van der Waals surface area contributed by atoms with E-state index in [9.17, 15) is 9.59 Å². The average molecular weight is 279 g/mol. The van der Waals surface area contributed by atoms with Crippen LogP contribution in [0.1, 0.15) is 26.3 Å². The Morgan fingerprint density at radius 1 is 0.905 bits per heavy atom. The summed E-state index contributed by atoms with van der Waals surface area (Å²) in [7, 11) is 0. The van der Waals surface area contributed by atoms with Crippen LogP contribution in [-0.4, -0.2) is 29.4 Å². The number of para-hydroxylation sites is 1. The van der Waals surface area contributed by atoms with Crippen LogP contribution in [0.25, 0.3) is 0 Å². The molecule has 0 saturated carbocycles. The second-order valence-electron chi connectivity index (χ2n) is 5.30. The van der Waals surface area contributed by atoms with E-state index in [2.05, 4.69) is 0 Å². The molecular formula is C17H13NO3. The predicted molar refractivity (Wildman–Crippen MR) is 76.4 cm³/mol. The van der Waals surface area contributed by atoms with Gasteiger partial charge < -0.3 is 4.74 Å². The van der Waals surface area contributed by atoms with Gasteiger partial charge in [0.25, 0.3) is 11.8 Å². The molecule has 0 N–H and O–H groups in total. The van der Waals surface area contributed by atoms with Crippen LogP contribution in [-0.2, 0) is 6.42 Å². The minimum absolute atomic E-state index is 0.219. The number of fused-ring (bicyclic) bond motifs is 2. The molecule has 1 atom stereocenters. The molecule has 0 bridgehead atoms. The van der Waals surface area contributed by atoms with Crippen molar-refractivity contribution < 1.29 is 14.3 Å². The number of ether oxygens (including phenoxy) is 1. The van der Waals surface area contributed by atoms with Crippen molar-refractivity contribution in [2.24, 2.45) is 0 Å². The van der Waals surface area contributed by atoms with Crippen LogP contribution in [0.4, 0.5) is 0 Å². The fraction of sp³-hybridized carbons (Fsp3) is 0.176. The smallest absolute Gasteiger partial charge is 0.261 e. The maximum atomic E-state index is 12.5. The zero-order valence-electron chi connectivity index (χ0n) is 11.3. The molecule has 0 saturated heterocycles. The first-order valence-corrected chi connectivity index (χ1v) is 6.93. The second-order valence-corrected chi connectivity index (χ2v) is 5.30. The van der Waals surface area contributed by atoms with Crippen molar-refractivity contribution in [2.75, 3.05) is 6.61 Å². The Morgan fingerprint density at radius 2 is 1.52 bits per heavy atom. The summed E-state index contributed by atoms with van der Waals surface area (Å²) in [6.45, 7) is 0.350. The number of imide groups is 1. The van der Waals surface area contributed by atoms with Gasteiger partial charge in [0.15, 0.2) is 0 Å². The summed E-state index contributed by atoms with van der Waals surface area (Å²) in [6, 6.07) is 14.5. The molecule has 2 aliphatic heterocycles. The Hall–Kier alpha value is -2.62. The van der Waals surface area contributed by atoms with E-state index in [-0.39, 0.29) is 17.9 Å². The molecule has 2 amide bonds. The van der Waals surface area contributed by atoms with Crippen molar-refractivity contribution >= 4 is 11.8 Å². The van der Waals surface area contributed by atoms with E-state index in [1.54, 1.807) is 24.3 Å². The van der Waals surface area contributed by atoms with Crippen molar-refractivity contribution in [3.8, 4) is 5.75 Å². The minimum atomic E-state index is -0.243. The Morgan fingerprint density at radius 3 is 2.24 bits per heavy atom. The molecule has 2 aliphatic rings. The molecular weight excluding hydrogens is 266 g/mol. The predicted octanol–water partition coefficient (Wildman–Crippen LogP) is 2.29. The average Bonchev–Trinajstić information content (AvgIpc) is 2.79. The summed E-state index contributed by atoms with van der Waals surface area (Å²) in [5.41, 5.74) is 2.01. The van der Waals surface area contributed by atoms with Crippen LogP contribution >= 0.6 is 0 Å². The summed E-state index contributed by atoms with van der Waals surface area (Å²) in [5.74, 6) is 0.400. The molecule has 0 spiro atoms. The molecule has 1 unspecified atom stereocenters. The largest absolute Gasteiger partial charge is 0.491 e. The van der Waals surface area contributed by atoms with Gasteiger partial charge in [-0.1, -0.05) is 30.3 Å². The summed E-state index contributed by atoms with van der Waals surface area (Å²) in [5, 5.41) is 0. The lowest BCUT2D eigenvalue weighted by atomic mass is 10.0. The Bertz CT molecular complexity index is 718. The molecule has 21 heavy (non-hydrogen) atoms. The summed E-state index contributed by atoms with van der Waals surface area (Å²) in [6.07, 6.45) is 0.641. The molecule has 4 heteroatoms. The molecule has 4 rings (SSSR count). The molecule has 0 aromatic heterocycles. The van der Waals surface area contributed by atoms with Gasteiger partial charge in [-0.2, -0.15) is 0 Å². The number of benzene rings is 2. The number of rotatable bonds is 1. The first-order chi connectivity index (χ1) is 10.3. The molecule has 104 valence electrons. The minimum Gasteiger partial charge on any atom is -0.491 e. The van der Waals surface area contributed by atoms with Gasteiger partial charge in [-0.05, 0) is 23.8 Å². The highest BCUT2D eigenvalue weighted by atomic mass is 16.5. The molecule has 0 radical (unpaired) electrons. The fourth-order valence-electron chi connectivity index (χ4n) is 3.02. The molecule has 4 nitrogen and oxygen atoms in total. The van der Waals surface area contributed by atoms with E-state index in [0.717, 1.165) is 11.3 Å². The van der Waals surface area contributed by atoms with Gasteiger partial charge in [0.05, 0.1) is 17.2 Å². The van der Waals surface area contributed by atoms with E-state index in [1.165, 1.54) is 4.90 Å². The lowest BCUT2D eigenvalue weighted by Gasteiger charge is -2.31. The van der Waals surface area contributed by atoms with E-state index in [0.29, 0.717) is 24.2 Å². The number of nitrogens with zero attached hydrogens (tertiary/aromatic N) is 1. The number of hydrogen-bond acceptors (Lipinski definition) is 3.